The van der Waals surface area contributed by atoms with Gasteiger partial charge >= 0.3 is 6.18 Å². The number of nitrogens with zero attached hydrogens (tertiary/aromatic N) is 1. The Hall–Kier alpha value is -0.920. The highest BCUT2D eigenvalue weighted by atomic mass is 32.2. The van der Waals surface area contributed by atoms with Crippen LogP contribution in [0, 0.1) is 0 Å². The zero-order valence-corrected chi connectivity index (χ0v) is 12.3. The Bertz CT molecular complexity index is 485. The van der Waals surface area contributed by atoms with Crippen LogP contribution < -0.4 is 0 Å². The van der Waals surface area contributed by atoms with Crippen molar-refractivity contribution >= 4 is 10.8 Å². The van der Waals surface area contributed by atoms with Crippen LogP contribution in [0.3, 0.4) is 0 Å². The highest BCUT2D eigenvalue weighted by Crippen LogP contribution is 2.38. The van der Waals surface area contributed by atoms with E-state index in [1.165, 1.54) is 0 Å². The predicted molar refractivity (Wildman–Crippen MR) is 74.4 cm³/mol. The van der Waals surface area contributed by atoms with E-state index in [2.05, 4.69) is 0 Å². The third-order valence-electron chi connectivity index (χ3n) is 3.81. The maximum atomic E-state index is 12.7. The van der Waals surface area contributed by atoms with Gasteiger partial charge in [0.1, 0.15) is 0 Å². The van der Waals surface area contributed by atoms with E-state index in [4.69, 9.17) is 0 Å². The van der Waals surface area contributed by atoms with E-state index >= 15 is 0 Å². The molecule has 1 aliphatic rings. The third kappa shape index (κ3) is 4.05. The molecular weight excluding hydrogens is 303 g/mol. The second kappa shape index (κ2) is 6.46. The van der Waals surface area contributed by atoms with Crippen LogP contribution in [0.2, 0.25) is 0 Å². The summed E-state index contributed by atoms with van der Waals surface area (Å²) < 4.78 is 50.0. The first kappa shape index (κ1) is 16.5. The second-order valence-corrected chi connectivity index (χ2v) is 6.80. The Morgan fingerprint density at radius 1 is 1.19 bits per heavy atom. The standard InChI is InChI=1S/C14H18F3NO2S/c15-14(16,17)13(19)6-8-18(9-7-13)10-11-21(20)12-4-2-1-3-5-12/h1-5,19H,6-11H2. The molecule has 1 aliphatic heterocycles. The fourth-order valence-electron chi connectivity index (χ4n) is 2.33. The molecule has 1 aromatic rings. The number of benzene rings is 1. The molecule has 118 valence electrons. The number of hydrogen-bond donors (Lipinski definition) is 1. The van der Waals surface area contributed by atoms with Gasteiger partial charge in [0.15, 0.2) is 5.60 Å². The summed E-state index contributed by atoms with van der Waals surface area (Å²) in [5.41, 5.74) is -2.57. The first-order chi connectivity index (χ1) is 9.82. The van der Waals surface area contributed by atoms with E-state index < -0.39 is 22.6 Å². The highest BCUT2D eigenvalue weighted by molar-refractivity contribution is 7.85. The van der Waals surface area contributed by atoms with Crippen LogP contribution in [-0.4, -0.2) is 51.4 Å². The Labute approximate surface area is 124 Å². The topological polar surface area (TPSA) is 40.5 Å². The lowest BCUT2D eigenvalue weighted by Crippen LogP contribution is -2.53. The number of rotatable bonds is 4. The molecule has 0 spiro atoms. The van der Waals surface area contributed by atoms with Gasteiger partial charge in [-0.1, -0.05) is 18.2 Å². The summed E-state index contributed by atoms with van der Waals surface area (Å²) in [7, 11) is -1.15. The average Bonchev–Trinajstić information content (AvgIpc) is 2.46. The second-order valence-electron chi connectivity index (χ2n) is 5.23. The van der Waals surface area contributed by atoms with Crippen LogP contribution in [0.5, 0.6) is 0 Å². The van der Waals surface area contributed by atoms with Crippen molar-refractivity contribution in [3.8, 4) is 0 Å². The van der Waals surface area contributed by atoms with Gasteiger partial charge in [0.05, 0.1) is 10.8 Å². The molecule has 2 rings (SSSR count). The third-order valence-corrected chi connectivity index (χ3v) is 5.16. The summed E-state index contributed by atoms with van der Waals surface area (Å²) in [6, 6.07) is 8.99. The number of alkyl halides is 3. The highest BCUT2D eigenvalue weighted by Gasteiger charge is 2.54. The van der Waals surface area contributed by atoms with Crippen LogP contribution in [-0.2, 0) is 10.8 Å². The molecule has 1 aromatic carbocycles. The molecule has 0 bridgehead atoms. The minimum atomic E-state index is -4.58. The van der Waals surface area contributed by atoms with E-state index in [0.29, 0.717) is 12.3 Å². The lowest BCUT2D eigenvalue weighted by molar-refractivity contribution is -0.272. The first-order valence-corrected chi connectivity index (χ1v) is 8.09. The maximum Gasteiger partial charge on any atom is 0.417 e. The van der Waals surface area contributed by atoms with Gasteiger partial charge in [0.2, 0.25) is 0 Å². The van der Waals surface area contributed by atoms with E-state index in [9.17, 15) is 22.5 Å². The average molecular weight is 321 g/mol. The summed E-state index contributed by atoms with van der Waals surface area (Å²) >= 11 is 0. The Kier molecular flexibility index (Phi) is 5.06. The quantitative estimate of drug-likeness (QED) is 0.924. The minimum Gasteiger partial charge on any atom is -0.380 e. The molecule has 0 aromatic heterocycles. The SMILES string of the molecule is O=S(CCN1CCC(O)(C(F)(F)F)CC1)c1ccccc1. The number of piperidine rings is 1. The van der Waals surface area contributed by atoms with Crippen molar-refractivity contribution in [1.29, 1.82) is 0 Å². The number of aliphatic hydroxyl groups is 1. The molecule has 21 heavy (non-hydrogen) atoms. The summed E-state index contributed by atoms with van der Waals surface area (Å²) in [5.74, 6) is 0.383. The van der Waals surface area contributed by atoms with Crippen LogP contribution in [0.1, 0.15) is 12.8 Å². The van der Waals surface area contributed by atoms with Crippen LogP contribution in [0.15, 0.2) is 35.2 Å². The van der Waals surface area contributed by atoms with Crippen molar-refractivity contribution in [2.45, 2.75) is 29.5 Å². The van der Waals surface area contributed by atoms with Crippen molar-refractivity contribution in [2.24, 2.45) is 0 Å². The molecule has 7 heteroatoms. The van der Waals surface area contributed by atoms with Crippen molar-refractivity contribution in [3.63, 3.8) is 0 Å². The lowest BCUT2D eigenvalue weighted by Gasteiger charge is -2.39. The lowest BCUT2D eigenvalue weighted by atomic mass is 9.91. The van der Waals surface area contributed by atoms with E-state index in [0.717, 1.165) is 4.90 Å². The van der Waals surface area contributed by atoms with Gasteiger partial charge < -0.3 is 10.0 Å². The Morgan fingerprint density at radius 3 is 2.29 bits per heavy atom. The van der Waals surface area contributed by atoms with Gasteiger partial charge in [-0.3, -0.25) is 4.21 Å². The number of hydrogen-bond acceptors (Lipinski definition) is 3. The molecule has 0 aliphatic carbocycles. The zero-order valence-electron chi connectivity index (χ0n) is 11.5. The van der Waals surface area contributed by atoms with Crippen molar-refractivity contribution < 1.29 is 22.5 Å². The molecule has 0 radical (unpaired) electrons. The summed E-state index contributed by atoms with van der Waals surface area (Å²) in [6.45, 7) is 0.805. The van der Waals surface area contributed by atoms with Crippen molar-refractivity contribution in [1.82, 2.24) is 4.90 Å². The van der Waals surface area contributed by atoms with Gasteiger partial charge in [-0.05, 0) is 25.0 Å². The number of halogens is 3. The maximum absolute atomic E-state index is 12.7. The predicted octanol–water partition coefficient (Wildman–Crippen LogP) is 2.18. The fraction of sp³-hybridized carbons (Fsp3) is 0.571. The van der Waals surface area contributed by atoms with Crippen LogP contribution in [0.4, 0.5) is 13.2 Å². The fourth-order valence-corrected chi connectivity index (χ4v) is 3.45. The Balaban J connectivity index is 1.81. The smallest absolute Gasteiger partial charge is 0.380 e. The first-order valence-electron chi connectivity index (χ1n) is 6.77. The zero-order chi connectivity index (χ0) is 15.5. The van der Waals surface area contributed by atoms with Crippen molar-refractivity contribution in [3.05, 3.63) is 30.3 Å². The summed E-state index contributed by atoms with van der Waals surface area (Å²) in [4.78, 5) is 2.54. The van der Waals surface area contributed by atoms with E-state index in [1.807, 2.05) is 11.0 Å². The molecule has 1 saturated heterocycles. The molecular formula is C14H18F3NO2S. The van der Waals surface area contributed by atoms with Crippen LogP contribution in [0.25, 0.3) is 0 Å². The van der Waals surface area contributed by atoms with Gasteiger partial charge in [-0.15, -0.1) is 0 Å². The van der Waals surface area contributed by atoms with E-state index in [-0.39, 0.29) is 25.9 Å². The van der Waals surface area contributed by atoms with Crippen LogP contribution >= 0.6 is 0 Å². The van der Waals surface area contributed by atoms with E-state index in [1.54, 1.807) is 24.3 Å². The molecule has 1 fully saturated rings. The van der Waals surface area contributed by atoms with Gasteiger partial charge in [0, 0.05) is 30.3 Å². The van der Waals surface area contributed by atoms with Gasteiger partial charge in [0.25, 0.3) is 0 Å². The van der Waals surface area contributed by atoms with Gasteiger partial charge in [-0.25, -0.2) is 0 Å². The summed E-state index contributed by atoms with van der Waals surface area (Å²) in [6.07, 6.45) is -5.23. The minimum absolute atomic E-state index is 0.169. The Morgan fingerprint density at radius 2 is 1.76 bits per heavy atom. The van der Waals surface area contributed by atoms with Gasteiger partial charge in [-0.2, -0.15) is 13.2 Å². The molecule has 1 unspecified atom stereocenters. The molecule has 1 N–H and O–H groups in total. The molecule has 0 amide bonds. The monoisotopic (exact) mass is 321 g/mol. The van der Waals surface area contributed by atoms with Crippen molar-refractivity contribution in [2.75, 3.05) is 25.4 Å². The normalized spacial score (nSPS) is 21.1. The molecule has 1 heterocycles. The molecule has 0 saturated carbocycles. The molecule has 1 atom stereocenters. The summed E-state index contributed by atoms with van der Waals surface area (Å²) in [5, 5.41) is 9.57. The molecule has 3 nitrogen and oxygen atoms in total. The number of likely N-dealkylation sites (tertiary alicyclic amines) is 1. The largest absolute Gasteiger partial charge is 0.417 e.